The molecule has 1 aliphatic rings. The number of halogens is 3. The number of likely N-dealkylation sites (tertiary alicyclic amines) is 1. The second-order valence-electron chi connectivity index (χ2n) is 7.40. The maximum absolute atomic E-state index is 12.8. The minimum Gasteiger partial charge on any atom is -0.451 e. The first-order valence-electron chi connectivity index (χ1n) is 9.77. The SMILES string of the molecule is O=C(c1ccc(-c2ccccc2OC(F)(F)F)o1)N1CCC(O)(c2ccccc2)CC1. The molecular weight excluding hydrogens is 411 g/mol. The number of carbonyl (C=O) groups excluding carboxylic acids is 1. The quantitative estimate of drug-likeness (QED) is 0.634. The van der Waals surface area contributed by atoms with Crippen LogP contribution in [0.1, 0.15) is 29.0 Å². The Kier molecular flexibility index (Phi) is 5.49. The highest BCUT2D eigenvalue weighted by Crippen LogP contribution is 2.36. The first-order valence-corrected chi connectivity index (χ1v) is 9.77. The summed E-state index contributed by atoms with van der Waals surface area (Å²) in [5, 5.41) is 10.9. The number of para-hydroxylation sites is 1. The molecule has 0 spiro atoms. The van der Waals surface area contributed by atoms with Gasteiger partial charge in [0.2, 0.25) is 0 Å². The van der Waals surface area contributed by atoms with Gasteiger partial charge in [-0.25, -0.2) is 0 Å². The average Bonchev–Trinajstić information content (AvgIpc) is 3.24. The standard InChI is InChI=1S/C23H20F3NO4/c24-23(25,26)31-19-9-5-4-8-17(19)18-10-11-20(30-18)21(28)27-14-12-22(29,13-15-27)16-6-2-1-3-7-16/h1-11,29H,12-15H2. The zero-order valence-electron chi connectivity index (χ0n) is 16.4. The van der Waals surface area contributed by atoms with Crippen molar-refractivity contribution in [3.05, 3.63) is 78.1 Å². The summed E-state index contributed by atoms with van der Waals surface area (Å²) in [7, 11) is 0. The number of benzene rings is 2. The summed E-state index contributed by atoms with van der Waals surface area (Å²) in [6.45, 7) is 0.655. The van der Waals surface area contributed by atoms with Crippen LogP contribution in [0.3, 0.4) is 0 Å². The Bertz CT molecular complexity index is 1050. The van der Waals surface area contributed by atoms with E-state index < -0.39 is 17.7 Å². The molecule has 1 amide bonds. The molecule has 5 nitrogen and oxygen atoms in total. The van der Waals surface area contributed by atoms with E-state index in [0.717, 1.165) is 5.56 Å². The molecule has 0 saturated carbocycles. The van der Waals surface area contributed by atoms with Gasteiger partial charge < -0.3 is 19.2 Å². The highest BCUT2D eigenvalue weighted by Gasteiger charge is 2.36. The van der Waals surface area contributed by atoms with E-state index in [9.17, 15) is 23.1 Å². The Hall–Kier alpha value is -3.26. The van der Waals surface area contributed by atoms with Crippen molar-refractivity contribution in [2.24, 2.45) is 0 Å². The second-order valence-corrected chi connectivity index (χ2v) is 7.40. The highest BCUT2D eigenvalue weighted by molar-refractivity contribution is 5.92. The van der Waals surface area contributed by atoms with Crippen LogP contribution in [0.25, 0.3) is 11.3 Å². The molecule has 0 atom stereocenters. The number of ether oxygens (including phenoxy) is 1. The lowest BCUT2D eigenvalue weighted by Gasteiger charge is -2.38. The first-order chi connectivity index (χ1) is 14.8. The zero-order chi connectivity index (χ0) is 22.1. The van der Waals surface area contributed by atoms with Gasteiger partial charge in [0, 0.05) is 13.1 Å². The Morgan fingerprint density at radius 3 is 2.29 bits per heavy atom. The van der Waals surface area contributed by atoms with E-state index in [-0.39, 0.29) is 23.0 Å². The van der Waals surface area contributed by atoms with Gasteiger partial charge in [0.15, 0.2) is 5.76 Å². The van der Waals surface area contributed by atoms with E-state index in [1.165, 1.54) is 30.3 Å². The molecule has 4 rings (SSSR count). The molecule has 1 aliphatic heterocycles. The second kappa shape index (κ2) is 8.11. The molecule has 31 heavy (non-hydrogen) atoms. The summed E-state index contributed by atoms with van der Waals surface area (Å²) in [4.78, 5) is 14.4. The third-order valence-corrected chi connectivity index (χ3v) is 5.38. The number of hydrogen-bond donors (Lipinski definition) is 1. The third kappa shape index (κ3) is 4.59. The molecule has 0 unspecified atom stereocenters. The van der Waals surface area contributed by atoms with Gasteiger partial charge >= 0.3 is 6.36 Å². The molecule has 8 heteroatoms. The minimum absolute atomic E-state index is 0.0157. The normalized spacial score (nSPS) is 16.2. The Morgan fingerprint density at radius 1 is 0.968 bits per heavy atom. The average molecular weight is 431 g/mol. The van der Waals surface area contributed by atoms with E-state index in [1.807, 2.05) is 30.3 Å². The summed E-state index contributed by atoms with van der Waals surface area (Å²) in [6, 6.07) is 17.8. The Labute approximate surface area is 176 Å². The van der Waals surface area contributed by atoms with Crippen molar-refractivity contribution in [2.45, 2.75) is 24.8 Å². The molecule has 3 aromatic rings. The number of carbonyl (C=O) groups is 1. The van der Waals surface area contributed by atoms with Crippen molar-refractivity contribution in [1.82, 2.24) is 4.90 Å². The van der Waals surface area contributed by atoms with Gasteiger partial charge in [0.05, 0.1) is 11.2 Å². The van der Waals surface area contributed by atoms with Crippen LogP contribution in [-0.4, -0.2) is 35.4 Å². The number of piperidine rings is 1. The zero-order valence-corrected chi connectivity index (χ0v) is 16.4. The van der Waals surface area contributed by atoms with Crippen LogP contribution in [0.2, 0.25) is 0 Å². The van der Waals surface area contributed by atoms with Crippen molar-refractivity contribution in [2.75, 3.05) is 13.1 Å². The first kappa shape index (κ1) is 21.0. The van der Waals surface area contributed by atoms with Gasteiger partial charge in [-0.2, -0.15) is 0 Å². The van der Waals surface area contributed by atoms with E-state index >= 15 is 0 Å². The molecular formula is C23H20F3NO4. The lowest BCUT2D eigenvalue weighted by molar-refractivity contribution is -0.274. The van der Waals surface area contributed by atoms with Gasteiger partial charge in [0.25, 0.3) is 5.91 Å². The fraction of sp³-hybridized carbons (Fsp3) is 0.261. The monoisotopic (exact) mass is 431 g/mol. The summed E-state index contributed by atoms with van der Waals surface area (Å²) in [5.74, 6) is -0.673. The maximum Gasteiger partial charge on any atom is 0.573 e. The van der Waals surface area contributed by atoms with Gasteiger partial charge in [-0.05, 0) is 42.7 Å². The molecule has 0 bridgehead atoms. The number of rotatable bonds is 4. The number of amides is 1. The molecule has 2 aromatic carbocycles. The van der Waals surface area contributed by atoms with Crippen LogP contribution in [0.5, 0.6) is 5.75 Å². The lowest BCUT2D eigenvalue weighted by Crippen LogP contribution is -2.45. The highest BCUT2D eigenvalue weighted by atomic mass is 19.4. The number of hydrogen-bond acceptors (Lipinski definition) is 4. The molecule has 2 heterocycles. The molecule has 0 radical (unpaired) electrons. The molecule has 0 aliphatic carbocycles. The van der Waals surface area contributed by atoms with Crippen LogP contribution < -0.4 is 4.74 Å². The molecule has 1 saturated heterocycles. The van der Waals surface area contributed by atoms with Crippen molar-refractivity contribution in [1.29, 1.82) is 0 Å². The van der Waals surface area contributed by atoms with Gasteiger partial charge in [-0.15, -0.1) is 13.2 Å². The van der Waals surface area contributed by atoms with Crippen molar-refractivity contribution in [3.63, 3.8) is 0 Å². The smallest absolute Gasteiger partial charge is 0.451 e. The summed E-state index contributed by atoms with van der Waals surface area (Å²) in [5.41, 5.74) is -0.0973. The van der Waals surface area contributed by atoms with Crippen LogP contribution in [0.15, 0.2) is 71.1 Å². The summed E-state index contributed by atoms with van der Waals surface area (Å²) < 4.78 is 47.6. The van der Waals surface area contributed by atoms with E-state index in [1.54, 1.807) is 11.0 Å². The van der Waals surface area contributed by atoms with Crippen molar-refractivity contribution < 1.29 is 32.2 Å². The van der Waals surface area contributed by atoms with Gasteiger partial charge in [0.1, 0.15) is 11.5 Å². The van der Waals surface area contributed by atoms with E-state index in [2.05, 4.69) is 4.74 Å². The lowest BCUT2D eigenvalue weighted by atomic mass is 9.84. The van der Waals surface area contributed by atoms with E-state index in [4.69, 9.17) is 4.42 Å². The van der Waals surface area contributed by atoms with Crippen LogP contribution in [-0.2, 0) is 5.60 Å². The summed E-state index contributed by atoms with van der Waals surface area (Å²) >= 11 is 0. The maximum atomic E-state index is 12.8. The molecule has 1 N–H and O–H groups in total. The fourth-order valence-electron chi connectivity index (χ4n) is 3.75. The van der Waals surface area contributed by atoms with Crippen LogP contribution in [0, 0.1) is 0 Å². The number of nitrogens with zero attached hydrogens (tertiary/aromatic N) is 1. The van der Waals surface area contributed by atoms with Crippen molar-refractivity contribution in [3.8, 4) is 17.1 Å². The molecule has 1 aromatic heterocycles. The molecule has 1 fully saturated rings. The fourth-order valence-corrected chi connectivity index (χ4v) is 3.75. The Morgan fingerprint density at radius 2 is 1.61 bits per heavy atom. The topological polar surface area (TPSA) is 62.9 Å². The Balaban J connectivity index is 1.48. The van der Waals surface area contributed by atoms with Gasteiger partial charge in [-0.3, -0.25) is 4.79 Å². The predicted molar refractivity (Wildman–Crippen MR) is 106 cm³/mol. The summed E-state index contributed by atoms with van der Waals surface area (Å²) in [6.07, 6.45) is -4.10. The van der Waals surface area contributed by atoms with Gasteiger partial charge in [-0.1, -0.05) is 42.5 Å². The number of alkyl halides is 3. The van der Waals surface area contributed by atoms with E-state index in [0.29, 0.717) is 25.9 Å². The largest absolute Gasteiger partial charge is 0.573 e. The predicted octanol–water partition coefficient (Wildman–Crippen LogP) is 4.97. The van der Waals surface area contributed by atoms with Crippen LogP contribution >= 0.6 is 0 Å². The molecule has 162 valence electrons. The van der Waals surface area contributed by atoms with Crippen molar-refractivity contribution >= 4 is 5.91 Å². The minimum atomic E-state index is -4.84. The third-order valence-electron chi connectivity index (χ3n) is 5.38. The number of furan rings is 1. The number of aliphatic hydroxyl groups is 1. The van der Waals surface area contributed by atoms with Crippen LogP contribution in [0.4, 0.5) is 13.2 Å².